The van der Waals surface area contributed by atoms with Gasteiger partial charge in [0.15, 0.2) is 0 Å². The van der Waals surface area contributed by atoms with Crippen LogP contribution in [0.3, 0.4) is 0 Å². The standard InChI is InChI=1S/C12H14N2O/c1-9-8-12(2,14-13-9)10-4-6-11(15-3)7-5-10/h4-8H,1-3H3. The number of benzene rings is 1. The fourth-order valence-corrected chi connectivity index (χ4v) is 1.72. The molecule has 0 amide bonds. The fraction of sp³-hybridized carbons (Fsp3) is 0.333. The second-order valence-electron chi connectivity index (χ2n) is 3.86. The van der Waals surface area contributed by atoms with Gasteiger partial charge in [-0.15, -0.1) is 0 Å². The van der Waals surface area contributed by atoms with Crippen LogP contribution in [-0.4, -0.2) is 7.11 Å². The van der Waals surface area contributed by atoms with E-state index in [2.05, 4.69) is 23.2 Å². The molecule has 0 radical (unpaired) electrons. The van der Waals surface area contributed by atoms with Crippen LogP contribution in [0, 0.1) is 0 Å². The molecule has 0 N–H and O–H groups in total. The summed E-state index contributed by atoms with van der Waals surface area (Å²) in [4.78, 5) is 0. The summed E-state index contributed by atoms with van der Waals surface area (Å²) >= 11 is 0. The van der Waals surface area contributed by atoms with E-state index in [1.54, 1.807) is 7.11 Å². The molecule has 0 saturated heterocycles. The number of hydrogen-bond acceptors (Lipinski definition) is 3. The van der Waals surface area contributed by atoms with Crippen LogP contribution in [0.15, 0.2) is 46.3 Å². The van der Waals surface area contributed by atoms with Crippen molar-refractivity contribution in [1.82, 2.24) is 0 Å². The smallest absolute Gasteiger partial charge is 0.124 e. The van der Waals surface area contributed by atoms with Crippen molar-refractivity contribution in [3.8, 4) is 5.75 Å². The highest BCUT2D eigenvalue weighted by atomic mass is 16.5. The molecule has 1 aromatic rings. The third-order valence-electron chi connectivity index (χ3n) is 2.58. The number of nitrogens with zero attached hydrogens (tertiary/aromatic N) is 2. The van der Waals surface area contributed by atoms with Crippen LogP contribution in [0.4, 0.5) is 0 Å². The van der Waals surface area contributed by atoms with E-state index in [0.29, 0.717) is 0 Å². The second-order valence-corrected chi connectivity index (χ2v) is 3.86. The number of azo groups is 1. The van der Waals surface area contributed by atoms with Gasteiger partial charge in [-0.25, -0.2) is 0 Å². The summed E-state index contributed by atoms with van der Waals surface area (Å²) in [5.74, 6) is 0.859. The molecule has 15 heavy (non-hydrogen) atoms. The molecule has 3 heteroatoms. The summed E-state index contributed by atoms with van der Waals surface area (Å²) in [6, 6.07) is 7.93. The van der Waals surface area contributed by atoms with Crippen LogP contribution in [0.25, 0.3) is 0 Å². The van der Waals surface area contributed by atoms with Gasteiger partial charge < -0.3 is 4.74 Å². The summed E-state index contributed by atoms with van der Waals surface area (Å²) in [6.45, 7) is 4.01. The van der Waals surface area contributed by atoms with Gasteiger partial charge in [0.25, 0.3) is 0 Å². The largest absolute Gasteiger partial charge is 0.497 e. The van der Waals surface area contributed by atoms with Crippen LogP contribution < -0.4 is 4.74 Å². The SMILES string of the molecule is COc1ccc(C2(C)C=C(C)N=N2)cc1. The summed E-state index contributed by atoms with van der Waals surface area (Å²) in [5, 5.41) is 8.33. The van der Waals surface area contributed by atoms with E-state index in [1.807, 2.05) is 31.2 Å². The Labute approximate surface area is 89.5 Å². The summed E-state index contributed by atoms with van der Waals surface area (Å²) in [7, 11) is 1.66. The predicted molar refractivity (Wildman–Crippen MR) is 59.0 cm³/mol. The van der Waals surface area contributed by atoms with Crippen molar-refractivity contribution in [2.24, 2.45) is 10.2 Å². The van der Waals surface area contributed by atoms with Crippen LogP contribution in [0.1, 0.15) is 19.4 Å². The molecular formula is C12H14N2O. The fourth-order valence-electron chi connectivity index (χ4n) is 1.72. The zero-order valence-corrected chi connectivity index (χ0v) is 9.19. The summed E-state index contributed by atoms with van der Waals surface area (Å²) in [5.41, 5.74) is 1.79. The highest BCUT2D eigenvalue weighted by Crippen LogP contribution is 2.34. The molecular weight excluding hydrogens is 188 g/mol. The van der Waals surface area contributed by atoms with E-state index >= 15 is 0 Å². The van der Waals surface area contributed by atoms with Gasteiger partial charge in [-0.1, -0.05) is 12.1 Å². The minimum Gasteiger partial charge on any atom is -0.497 e. The summed E-state index contributed by atoms with van der Waals surface area (Å²) in [6.07, 6.45) is 2.06. The van der Waals surface area contributed by atoms with Gasteiger partial charge in [-0.2, -0.15) is 10.2 Å². The minimum atomic E-state index is -0.309. The first-order chi connectivity index (χ1) is 7.14. The Bertz CT molecular complexity index is 420. The van der Waals surface area contributed by atoms with Gasteiger partial charge in [-0.05, 0) is 37.6 Å². The number of methoxy groups -OCH3 is 1. The normalized spacial score (nSPS) is 24.1. The molecule has 1 aromatic carbocycles. The molecule has 3 nitrogen and oxygen atoms in total. The highest BCUT2D eigenvalue weighted by molar-refractivity contribution is 5.36. The molecule has 1 unspecified atom stereocenters. The molecule has 0 bridgehead atoms. The Morgan fingerprint density at radius 3 is 2.33 bits per heavy atom. The number of ether oxygens (including phenoxy) is 1. The molecule has 0 aromatic heterocycles. The first kappa shape index (κ1) is 9.90. The van der Waals surface area contributed by atoms with Gasteiger partial charge in [0.1, 0.15) is 11.3 Å². The lowest BCUT2D eigenvalue weighted by molar-refractivity contribution is 0.414. The first-order valence-corrected chi connectivity index (χ1v) is 4.91. The number of allylic oxidation sites excluding steroid dienone is 1. The average Bonchev–Trinajstić information content (AvgIpc) is 2.60. The van der Waals surface area contributed by atoms with E-state index < -0.39 is 0 Å². The van der Waals surface area contributed by atoms with Crippen LogP contribution >= 0.6 is 0 Å². The van der Waals surface area contributed by atoms with E-state index in [1.165, 1.54) is 0 Å². The van der Waals surface area contributed by atoms with Gasteiger partial charge in [-0.3, -0.25) is 0 Å². The molecule has 1 aliphatic rings. The third-order valence-corrected chi connectivity index (χ3v) is 2.58. The highest BCUT2D eigenvalue weighted by Gasteiger charge is 2.27. The van der Waals surface area contributed by atoms with E-state index in [0.717, 1.165) is 17.0 Å². The first-order valence-electron chi connectivity index (χ1n) is 4.91. The monoisotopic (exact) mass is 202 g/mol. The van der Waals surface area contributed by atoms with Crippen LogP contribution in [0.2, 0.25) is 0 Å². The lowest BCUT2D eigenvalue weighted by Gasteiger charge is -2.17. The molecule has 1 heterocycles. The molecule has 0 spiro atoms. The quantitative estimate of drug-likeness (QED) is 0.724. The van der Waals surface area contributed by atoms with Gasteiger partial charge in [0, 0.05) is 0 Å². The van der Waals surface area contributed by atoms with Crippen molar-refractivity contribution >= 4 is 0 Å². The van der Waals surface area contributed by atoms with Crippen molar-refractivity contribution in [3.63, 3.8) is 0 Å². The van der Waals surface area contributed by atoms with Crippen molar-refractivity contribution in [2.45, 2.75) is 19.4 Å². The Morgan fingerprint density at radius 2 is 1.87 bits per heavy atom. The van der Waals surface area contributed by atoms with Crippen molar-refractivity contribution in [2.75, 3.05) is 7.11 Å². The molecule has 1 atom stereocenters. The van der Waals surface area contributed by atoms with Gasteiger partial charge >= 0.3 is 0 Å². The zero-order chi connectivity index (χ0) is 10.9. The summed E-state index contributed by atoms with van der Waals surface area (Å²) < 4.78 is 5.12. The maximum absolute atomic E-state index is 5.12. The Balaban J connectivity index is 2.34. The molecule has 0 aliphatic carbocycles. The number of hydrogen-bond donors (Lipinski definition) is 0. The van der Waals surface area contributed by atoms with E-state index in [-0.39, 0.29) is 5.54 Å². The van der Waals surface area contributed by atoms with E-state index in [4.69, 9.17) is 4.74 Å². The Hall–Kier alpha value is -1.64. The lowest BCUT2D eigenvalue weighted by atomic mass is 9.93. The maximum atomic E-state index is 5.12. The number of rotatable bonds is 2. The zero-order valence-electron chi connectivity index (χ0n) is 9.19. The average molecular weight is 202 g/mol. The Morgan fingerprint density at radius 1 is 1.20 bits per heavy atom. The molecule has 1 aliphatic heterocycles. The van der Waals surface area contributed by atoms with E-state index in [9.17, 15) is 0 Å². The predicted octanol–water partition coefficient (Wildman–Crippen LogP) is 3.28. The van der Waals surface area contributed by atoms with Crippen molar-refractivity contribution in [3.05, 3.63) is 41.6 Å². The molecule has 0 fully saturated rings. The van der Waals surface area contributed by atoms with Crippen LogP contribution in [-0.2, 0) is 5.54 Å². The Kier molecular flexibility index (Phi) is 2.31. The third kappa shape index (κ3) is 1.77. The van der Waals surface area contributed by atoms with Crippen LogP contribution in [0.5, 0.6) is 5.75 Å². The van der Waals surface area contributed by atoms with Gasteiger partial charge in [0.05, 0.1) is 12.8 Å². The van der Waals surface area contributed by atoms with Gasteiger partial charge in [0.2, 0.25) is 0 Å². The van der Waals surface area contributed by atoms with Crippen molar-refractivity contribution in [1.29, 1.82) is 0 Å². The second kappa shape index (κ2) is 3.50. The lowest BCUT2D eigenvalue weighted by Crippen LogP contribution is -2.12. The van der Waals surface area contributed by atoms with Crippen molar-refractivity contribution < 1.29 is 4.74 Å². The maximum Gasteiger partial charge on any atom is 0.124 e. The molecule has 2 rings (SSSR count). The minimum absolute atomic E-state index is 0.309. The molecule has 78 valence electrons. The topological polar surface area (TPSA) is 34.0 Å². The molecule has 0 saturated carbocycles.